The molecular weight excluding hydrogens is 449 g/mol. The third-order valence-corrected chi connectivity index (χ3v) is 5.61. The molecule has 0 aliphatic heterocycles. The van der Waals surface area contributed by atoms with Gasteiger partial charge in [-0.15, -0.1) is 0 Å². The Morgan fingerprint density at radius 3 is 1.31 bits per heavy atom. The van der Waals surface area contributed by atoms with Crippen molar-refractivity contribution in [3.8, 4) is 0 Å². The van der Waals surface area contributed by atoms with E-state index in [1.165, 1.54) is 12.1 Å². The number of hydrogen-bond acceptors (Lipinski definition) is 5. The molecule has 2 aromatic rings. The van der Waals surface area contributed by atoms with Gasteiger partial charge >= 0.3 is 59.1 Å². The van der Waals surface area contributed by atoms with Crippen molar-refractivity contribution >= 4 is 108 Å². The van der Waals surface area contributed by atoms with Gasteiger partial charge in [-0.1, -0.05) is 23.2 Å². The van der Waals surface area contributed by atoms with Gasteiger partial charge in [-0.2, -0.15) is 16.8 Å². The number of ketones is 1. The van der Waals surface area contributed by atoms with Crippen LogP contribution in [0, 0.1) is 0 Å². The first-order valence-electron chi connectivity index (χ1n) is 6.00. The van der Waals surface area contributed by atoms with Gasteiger partial charge in [0, 0.05) is 11.1 Å². The predicted octanol–water partition coefficient (Wildman–Crippen LogP) is 1.42. The second-order valence-corrected chi connectivity index (χ2v) is 8.16. The van der Waals surface area contributed by atoms with Crippen molar-refractivity contribution in [2.45, 2.75) is 9.79 Å². The summed E-state index contributed by atoms with van der Waals surface area (Å²) in [6.45, 7) is 0. The van der Waals surface area contributed by atoms with Crippen LogP contribution in [0.5, 0.6) is 0 Å². The van der Waals surface area contributed by atoms with Gasteiger partial charge in [0.25, 0.3) is 20.2 Å². The molecule has 0 fully saturated rings. The summed E-state index contributed by atoms with van der Waals surface area (Å²) in [5.41, 5.74) is -0.341. The van der Waals surface area contributed by atoms with Gasteiger partial charge in [-0.05, 0) is 36.4 Å². The number of rotatable bonds is 4. The number of carbonyl (C=O) groups is 1. The molecule has 7 nitrogen and oxygen atoms in total. The molecule has 0 amide bonds. The van der Waals surface area contributed by atoms with Crippen molar-refractivity contribution in [1.29, 1.82) is 0 Å². The fourth-order valence-electron chi connectivity index (χ4n) is 1.85. The van der Waals surface area contributed by atoms with E-state index in [1.807, 2.05) is 0 Å². The monoisotopic (exact) mass is 458 g/mol. The second kappa shape index (κ2) is 9.82. The number of benzene rings is 2. The van der Waals surface area contributed by atoms with Crippen LogP contribution in [0.15, 0.2) is 46.2 Å². The van der Waals surface area contributed by atoms with E-state index in [0.29, 0.717) is 0 Å². The van der Waals surface area contributed by atoms with Gasteiger partial charge in [0.1, 0.15) is 9.79 Å². The zero-order valence-corrected chi connectivity index (χ0v) is 14.6. The number of carbonyl (C=O) groups excluding carboxylic acids is 1. The van der Waals surface area contributed by atoms with E-state index >= 15 is 0 Å². The van der Waals surface area contributed by atoms with Crippen LogP contribution in [0.4, 0.5) is 0 Å². The Bertz CT molecular complexity index is 971. The first-order valence-corrected chi connectivity index (χ1v) is 9.63. The molecule has 26 heavy (non-hydrogen) atoms. The number of halogens is 2. The number of hydrogen-bond donors (Lipinski definition) is 2. The molecule has 2 rings (SSSR count). The average Bonchev–Trinajstić information content (AvgIpc) is 2.45. The average molecular weight is 459 g/mol. The van der Waals surface area contributed by atoms with Gasteiger partial charge in [0.05, 0.1) is 10.0 Å². The van der Waals surface area contributed by atoms with E-state index in [0.717, 1.165) is 24.3 Å². The van der Waals surface area contributed by atoms with E-state index in [9.17, 15) is 21.6 Å². The standard InChI is InChI=1S/C13H8Cl2O7S2.2Na.2H/c14-9-3-1-7(5-11(9)23(17,18)19)13(16)8-2-4-10(15)12(6-8)24(20,21)22;;;;/h1-6H,(H,17,18,19)(H,20,21,22);;;;. The second-order valence-electron chi connectivity index (χ2n) is 4.57. The molecule has 0 bridgehead atoms. The van der Waals surface area contributed by atoms with Gasteiger partial charge in [0.15, 0.2) is 5.78 Å². The van der Waals surface area contributed by atoms with Crippen LogP contribution in [-0.2, 0) is 20.2 Å². The van der Waals surface area contributed by atoms with Crippen molar-refractivity contribution < 1.29 is 30.7 Å². The molecule has 0 unspecified atom stereocenters. The van der Waals surface area contributed by atoms with Gasteiger partial charge in [-0.25, -0.2) is 0 Å². The molecule has 0 radical (unpaired) electrons. The molecule has 132 valence electrons. The van der Waals surface area contributed by atoms with E-state index in [1.54, 1.807) is 0 Å². The first kappa shape index (κ1) is 26.5. The summed E-state index contributed by atoms with van der Waals surface area (Å²) in [5.74, 6) is -0.766. The molecule has 0 aliphatic rings. The quantitative estimate of drug-likeness (QED) is 0.403. The molecule has 2 N–H and O–H groups in total. The van der Waals surface area contributed by atoms with Crippen molar-refractivity contribution in [3.05, 3.63) is 57.6 Å². The zero-order chi connectivity index (χ0) is 18.3. The van der Waals surface area contributed by atoms with Gasteiger partial charge in [-0.3, -0.25) is 13.9 Å². The fourth-order valence-corrected chi connectivity index (χ4v) is 3.85. The van der Waals surface area contributed by atoms with Crippen molar-refractivity contribution in [2.24, 2.45) is 0 Å². The Hall–Kier alpha value is 0.510. The van der Waals surface area contributed by atoms with E-state index < -0.39 is 35.8 Å². The minimum atomic E-state index is -4.65. The van der Waals surface area contributed by atoms with Gasteiger partial charge in [0.2, 0.25) is 0 Å². The van der Waals surface area contributed by atoms with Crippen molar-refractivity contribution in [3.63, 3.8) is 0 Å². The molecule has 0 aliphatic carbocycles. The Morgan fingerprint density at radius 1 is 0.731 bits per heavy atom. The van der Waals surface area contributed by atoms with Crippen molar-refractivity contribution in [1.82, 2.24) is 0 Å². The maximum atomic E-state index is 12.4. The third kappa shape index (κ3) is 6.26. The summed E-state index contributed by atoms with van der Waals surface area (Å²) in [6, 6.07) is 6.28. The molecule has 0 saturated carbocycles. The minimum absolute atomic E-state index is 0. The topological polar surface area (TPSA) is 126 Å². The van der Waals surface area contributed by atoms with Crippen LogP contribution in [-0.4, -0.2) is 90.8 Å². The summed E-state index contributed by atoms with van der Waals surface area (Å²) in [4.78, 5) is 11.1. The van der Waals surface area contributed by atoms with Crippen molar-refractivity contribution in [2.75, 3.05) is 0 Å². The molecule has 0 spiro atoms. The summed E-state index contributed by atoms with van der Waals surface area (Å²) in [5, 5.41) is -0.576. The van der Waals surface area contributed by atoms with Crippen LogP contribution in [0.3, 0.4) is 0 Å². The fraction of sp³-hybridized carbons (Fsp3) is 0. The van der Waals surface area contributed by atoms with Gasteiger partial charge < -0.3 is 0 Å². The van der Waals surface area contributed by atoms with Crippen LogP contribution in [0.1, 0.15) is 15.9 Å². The molecule has 0 aromatic heterocycles. The molecule has 0 atom stereocenters. The molecule has 2 aromatic carbocycles. The zero-order valence-electron chi connectivity index (χ0n) is 11.5. The summed E-state index contributed by atoms with van der Waals surface area (Å²) in [6.07, 6.45) is 0. The normalized spacial score (nSPS) is 11.2. The molecule has 13 heteroatoms. The molecule has 0 saturated heterocycles. The SMILES string of the molecule is O=C(c1ccc(Cl)c(S(=O)(=O)O)c1)c1ccc(Cl)c(S(=O)(=O)O)c1.[NaH].[NaH]. The summed E-state index contributed by atoms with van der Waals surface area (Å²) >= 11 is 11.3. The van der Waals surface area contributed by atoms with E-state index in [4.69, 9.17) is 32.3 Å². The Kier molecular flexibility index (Phi) is 10.0. The van der Waals surface area contributed by atoms with E-state index in [2.05, 4.69) is 0 Å². The first-order chi connectivity index (χ1) is 10.9. The summed E-state index contributed by atoms with van der Waals surface area (Å²) in [7, 11) is -9.30. The van der Waals surface area contributed by atoms with Crippen LogP contribution < -0.4 is 0 Å². The van der Waals surface area contributed by atoms with Crippen LogP contribution >= 0.6 is 23.2 Å². The van der Waals surface area contributed by atoms with E-state index in [-0.39, 0.29) is 80.3 Å². The third-order valence-electron chi connectivity index (χ3n) is 2.94. The van der Waals surface area contributed by atoms with Crippen LogP contribution in [0.2, 0.25) is 10.0 Å². The Balaban J connectivity index is 0.00000312. The Labute approximate surface area is 204 Å². The molecular formula is C13H10Cl2Na2O7S2. The predicted molar refractivity (Wildman–Crippen MR) is 100 cm³/mol. The van der Waals surface area contributed by atoms with Crippen LogP contribution in [0.25, 0.3) is 0 Å². The maximum absolute atomic E-state index is 12.4. The Morgan fingerprint density at radius 2 is 1.04 bits per heavy atom. The molecule has 0 heterocycles. The summed E-state index contributed by atoms with van der Waals surface area (Å²) < 4.78 is 63.1.